The van der Waals surface area contributed by atoms with Gasteiger partial charge in [-0.3, -0.25) is 0 Å². The molecule has 0 amide bonds. The fourth-order valence-electron chi connectivity index (χ4n) is 0.931. The van der Waals surface area contributed by atoms with E-state index in [1.807, 2.05) is 0 Å². The monoisotopic (exact) mass is 196 g/mol. The van der Waals surface area contributed by atoms with Gasteiger partial charge in [-0.2, -0.15) is 0 Å². The molecule has 0 radical (unpaired) electrons. The number of benzene rings is 1. The standard InChI is InChI=1S/C8H8O3.C2H4O/c1-5-3-2-4-6(9)7(5)8(10)11;1-2-3/h2-4,9H,1H3,(H,10,11);2H,1H3. The van der Waals surface area contributed by atoms with Gasteiger partial charge >= 0.3 is 5.97 Å². The predicted octanol–water partition coefficient (Wildman–Crippen LogP) is 1.60. The van der Waals surface area contributed by atoms with E-state index >= 15 is 0 Å². The van der Waals surface area contributed by atoms with Crippen LogP contribution in [0.2, 0.25) is 0 Å². The highest BCUT2D eigenvalue weighted by atomic mass is 16.4. The lowest BCUT2D eigenvalue weighted by Crippen LogP contribution is -1.99. The Morgan fingerprint density at radius 1 is 1.43 bits per heavy atom. The molecule has 1 aromatic rings. The Morgan fingerprint density at radius 3 is 2.21 bits per heavy atom. The van der Waals surface area contributed by atoms with Gasteiger partial charge in [-0.25, -0.2) is 4.79 Å². The van der Waals surface area contributed by atoms with E-state index < -0.39 is 5.97 Å². The summed E-state index contributed by atoms with van der Waals surface area (Å²) in [5, 5.41) is 17.7. The van der Waals surface area contributed by atoms with Gasteiger partial charge in [0.15, 0.2) is 0 Å². The Balaban J connectivity index is 0.000000500. The molecule has 1 rings (SSSR count). The zero-order chi connectivity index (χ0) is 11.1. The lowest BCUT2D eigenvalue weighted by molar-refractivity contribution is -0.106. The summed E-state index contributed by atoms with van der Waals surface area (Å²) in [6, 6.07) is 4.61. The Labute approximate surface area is 81.8 Å². The molecule has 14 heavy (non-hydrogen) atoms. The van der Waals surface area contributed by atoms with Crippen LogP contribution < -0.4 is 0 Å². The van der Waals surface area contributed by atoms with Gasteiger partial charge in [0.25, 0.3) is 0 Å². The summed E-state index contributed by atoms with van der Waals surface area (Å²) in [7, 11) is 0. The first-order valence-corrected chi connectivity index (χ1v) is 3.96. The third-order valence-electron chi connectivity index (χ3n) is 1.46. The van der Waals surface area contributed by atoms with Crippen molar-refractivity contribution in [3.8, 4) is 5.75 Å². The van der Waals surface area contributed by atoms with Gasteiger partial charge in [0, 0.05) is 0 Å². The second kappa shape index (κ2) is 5.75. The number of aromatic carboxylic acids is 1. The number of hydrogen-bond acceptors (Lipinski definition) is 3. The Kier molecular flexibility index (Phi) is 4.99. The number of carbonyl (C=O) groups is 2. The molecule has 0 aliphatic carbocycles. The van der Waals surface area contributed by atoms with Gasteiger partial charge in [0.2, 0.25) is 0 Å². The number of carboxylic acid groups (broad SMARTS) is 1. The molecular formula is C10H12O4. The highest BCUT2D eigenvalue weighted by Gasteiger charge is 2.10. The molecule has 0 fully saturated rings. The van der Waals surface area contributed by atoms with E-state index in [-0.39, 0.29) is 11.3 Å². The molecule has 1 aromatic carbocycles. The largest absolute Gasteiger partial charge is 0.507 e. The van der Waals surface area contributed by atoms with Crippen molar-refractivity contribution in [2.75, 3.05) is 0 Å². The molecule has 0 bridgehead atoms. The number of carbonyl (C=O) groups excluding carboxylic acids is 1. The summed E-state index contributed by atoms with van der Waals surface area (Å²) in [5.74, 6) is -1.28. The summed E-state index contributed by atoms with van der Waals surface area (Å²) in [5.41, 5.74) is 0.546. The van der Waals surface area contributed by atoms with E-state index in [0.717, 1.165) is 6.29 Å². The molecule has 0 saturated carbocycles. The van der Waals surface area contributed by atoms with Crippen LogP contribution in [0.5, 0.6) is 5.75 Å². The molecule has 4 heteroatoms. The molecule has 0 spiro atoms. The van der Waals surface area contributed by atoms with E-state index in [4.69, 9.17) is 15.0 Å². The second-order valence-electron chi connectivity index (χ2n) is 2.51. The lowest BCUT2D eigenvalue weighted by atomic mass is 10.1. The fraction of sp³-hybridized carbons (Fsp3) is 0.200. The topological polar surface area (TPSA) is 74.6 Å². The van der Waals surface area contributed by atoms with Crippen LogP contribution in [0, 0.1) is 6.92 Å². The smallest absolute Gasteiger partial charge is 0.339 e. The van der Waals surface area contributed by atoms with Crippen molar-refractivity contribution in [1.82, 2.24) is 0 Å². The first-order valence-electron chi connectivity index (χ1n) is 3.96. The van der Waals surface area contributed by atoms with Crippen molar-refractivity contribution in [3.05, 3.63) is 29.3 Å². The van der Waals surface area contributed by atoms with Crippen LogP contribution in [0.1, 0.15) is 22.8 Å². The SMILES string of the molecule is CC=O.Cc1cccc(O)c1C(=O)O. The molecule has 4 nitrogen and oxygen atoms in total. The minimum absolute atomic E-state index is 0.0208. The Bertz CT molecular complexity index is 311. The number of aromatic hydroxyl groups is 1. The summed E-state index contributed by atoms with van der Waals surface area (Å²) in [6.07, 6.45) is 0.750. The molecule has 0 saturated heterocycles. The van der Waals surface area contributed by atoms with Gasteiger partial charge < -0.3 is 15.0 Å². The van der Waals surface area contributed by atoms with Gasteiger partial charge in [-0.1, -0.05) is 12.1 Å². The van der Waals surface area contributed by atoms with Crippen LogP contribution >= 0.6 is 0 Å². The van der Waals surface area contributed by atoms with Crippen LogP contribution in [-0.2, 0) is 4.79 Å². The number of rotatable bonds is 1. The zero-order valence-corrected chi connectivity index (χ0v) is 8.02. The molecule has 0 atom stereocenters. The van der Waals surface area contributed by atoms with Crippen LogP contribution in [-0.4, -0.2) is 22.5 Å². The minimum atomic E-state index is -1.10. The van der Waals surface area contributed by atoms with Crippen LogP contribution in [0.4, 0.5) is 0 Å². The summed E-state index contributed by atoms with van der Waals surface area (Å²) in [6.45, 7) is 3.09. The molecule has 0 unspecified atom stereocenters. The van der Waals surface area contributed by atoms with Gasteiger partial charge in [-0.15, -0.1) is 0 Å². The maximum atomic E-state index is 10.5. The third-order valence-corrected chi connectivity index (χ3v) is 1.46. The first kappa shape index (κ1) is 12.2. The van der Waals surface area contributed by atoms with Gasteiger partial charge in [0.1, 0.15) is 17.6 Å². The average molecular weight is 196 g/mol. The number of aldehydes is 1. The number of carboxylic acids is 1. The van der Waals surface area contributed by atoms with Crippen molar-refractivity contribution in [1.29, 1.82) is 0 Å². The van der Waals surface area contributed by atoms with E-state index in [2.05, 4.69) is 0 Å². The van der Waals surface area contributed by atoms with Crippen molar-refractivity contribution >= 4 is 12.3 Å². The summed E-state index contributed by atoms with van der Waals surface area (Å²) < 4.78 is 0. The van der Waals surface area contributed by atoms with E-state index in [0.29, 0.717) is 5.56 Å². The fourth-order valence-corrected chi connectivity index (χ4v) is 0.931. The molecule has 0 heterocycles. The summed E-state index contributed by atoms with van der Waals surface area (Å²) in [4.78, 5) is 19.3. The van der Waals surface area contributed by atoms with Crippen molar-refractivity contribution < 1.29 is 19.8 Å². The maximum Gasteiger partial charge on any atom is 0.339 e. The number of phenols is 1. The predicted molar refractivity (Wildman–Crippen MR) is 51.5 cm³/mol. The maximum absolute atomic E-state index is 10.5. The quantitative estimate of drug-likeness (QED) is 0.669. The van der Waals surface area contributed by atoms with Gasteiger partial charge in [0.05, 0.1) is 0 Å². The van der Waals surface area contributed by atoms with Crippen molar-refractivity contribution in [3.63, 3.8) is 0 Å². The second-order valence-corrected chi connectivity index (χ2v) is 2.51. The normalized spacial score (nSPS) is 8.43. The Hall–Kier alpha value is -1.84. The molecule has 0 aromatic heterocycles. The number of aryl methyl sites for hydroxylation is 1. The van der Waals surface area contributed by atoms with E-state index in [1.54, 1.807) is 19.1 Å². The van der Waals surface area contributed by atoms with E-state index in [9.17, 15) is 4.79 Å². The van der Waals surface area contributed by atoms with Gasteiger partial charge in [-0.05, 0) is 25.5 Å². The molecule has 2 N–H and O–H groups in total. The highest BCUT2D eigenvalue weighted by Crippen LogP contribution is 2.19. The van der Waals surface area contributed by atoms with Crippen molar-refractivity contribution in [2.24, 2.45) is 0 Å². The zero-order valence-electron chi connectivity index (χ0n) is 8.02. The third kappa shape index (κ3) is 3.26. The lowest BCUT2D eigenvalue weighted by Gasteiger charge is -2.01. The summed E-state index contributed by atoms with van der Waals surface area (Å²) >= 11 is 0. The molecular weight excluding hydrogens is 184 g/mol. The first-order chi connectivity index (χ1) is 6.54. The highest BCUT2D eigenvalue weighted by molar-refractivity contribution is 5.92. The van der Waals surface area contributed by atoms with Crippen LogP contribution in [0.3, 0.4) is 0 Å². The van der Waals surface area contributed by atoms with Crippen LogP contribution in [0.25, 0.3) is 0 Å². The molecule has 76 valence electrons. The Morgan fingerprint density at radius 2 is 1.93 bits per heavy atom. The molecule has 0 aliphatic rings. The van der Waals surface area contributed by atoms with Crippen molar-refractivity contribution in [2.45, 2.75) is 13.8 Å². The number of hydrogen-bond donors (Lipinski definition) is 2. The molecule has 0 aliphatic heterocycles. The van der Waals surface area contributed by atoms with Crippen LogP contribution in [0.15, 0.2) is 18.2 Å². The van der Waals surface area contributed by atoms with E-state index in [1.165, 1.54) is 13.0 Å². The average Bonchev–Trinajstić information content (AvgIpc) is 2.04. The minimum Gasteiger partial charge on any atom is -0.507 e.